The largest absolute Gasteiger partial charge is 0.496 e. The third kappa shape index (κ3) is 5.10. The first kappa shape index (κ1) is 28.0. The first-order chi connectivity index (χ1) is 20.6. The summed E-state index contributed by atoms with van der Waals surface area (Å²) in [6.45, 7) is 8.20. The van der Waals surface area contributed by atoms with Crippen LogP contribution in [0.15, 0.2) is 42.9 Å². The minimum Gasteiger partial charge on any atom is -0.496 e. The molecule has 0 N–H and O–H groups in total. The Bertz CT molecular complexity index is 1800. The number of aryl methyl sites for hydroxylation is 1. The van der Waals surface area contributed by atoms with Gasteiger partial charge < -0.3 is 19.3 Å². The van der Waals surface area contributed by atoms with Crippen molar-refractivity contribution in [3.05, 3.63) is 48.5 Å². The van der Waals surface area contributed by atoms with Crippen LogP contribution in [0, 0.1) is 18.3 Å². The molecule has 7 heterocycles. The number of rotatable bonds is 7. The van der Waals surface area contributed by atoms with Gasteiger partial charge in [0.1, 0.15) is 21.4 Å². The van der Waals surface area contributed by atoms with E-state index in [0.717, 1.165) is 78.5 Å². The number of nitrogens with zero attached hydrogens (tertiary/aromatic N) is 7. The molecular weight excluding hydrogens is 566 g/mol. The molecule has 11 nitrogen and oxygen atoms in total. The van der Waals surface area contributed by atoms with Gasteiger partial charge in [0.05, 0.1) is 42.4 Å². The van der Waals surface area contributed by atoms with E-state index in [4.69, 9.17) is 24.5 Å². The van der Waals surface area contributed by atoms with Crippen molar-refractivity contribution in [1.82, 2.24) is 24.7 Å². The lowest BCUT2D eigenvalue weighted by molar-refractivity contribution is 0.160. The molecule has 3 saturated heterocycles. The number of methoxy groups -OCH3 is 1. The van der Waals surface area contributed by atoms with E-state index in [1.165, 1.54) is 6.26 Å². The molecule has 43 heavy (non-hydrogen) atoms. The molecule has 4 aromatic rings. The Morgan fingerprint density at radius 1 is 1.14 bits per heavy atom. The highest BCUT2D eigenvalue weighted by atomic mass is 32.2. The van der Waals surface area contributed by atoms with Gasteiger partial charge in [-0.2, -0.15) is 5.10 Å². The van der Waals surface area contributed by atoms with Crippen LogP contribution in [0.3, 0.4) is 0 Å². The van der Waals surface area contributed by atoms with Gasteiger partial charge in [0.25, 0.3) is 0 Å². The number of sulfone groups is 1. The molecule has 3 aliphatic rings. The van der Waals surface area contributed by atoms with Gasteiger partial charge in [-0.1, -0.05) is 0 Å². The van der Waals surface area contributed by atoms with E-state index in [1.54, 1.807) is 19.5 Å². The second kappa shape index (κ2) is 10.4. The van der Waals surface area contributed by atoms with Gasteiger partial charge >= 0.3 is 0 Å². The topological polar surface area (TPSA) is 116 Å². The van der Waals surface area contributed by atoms with E-state index in [1.807, 2.05) is 29.9 Å². The lowest BCUT2D eigenvalue weighted by Gasteiger charge is -2.48. The molecule has 4 aromatic heterocycles. The van der Waals surface area contributed by atoms with Crippen LogP contribution in [0.25, 0.3) is 28.0 Å². The van der Waals surface area contributed by atoms with Gasteiger partial charge in [0, 0.05) is 91.2 Å². The molecule has 3 atom stereocenters. The number of pyridine rings is 3. The Kier molecular flexibility index (Phi) is 6.81. The van der Waals surface area contributed by atoms with Crippen LogP contribution >= 0.6 is 0 Å². The van der Waals surface area contributed by atoms with E-state index in [0.29, 0.717) is 18.1 Å². The fourth-order valence-electron chi connectivity index (χ4n) is 6.89. The summed E-state index contributed by atoms with van der Waals surface area (Å²) in [7, 11) is -1.41. The summed E-state index contributed by atoms with van der Waals surface area (Å²) in [5.41, 5.74) is 4.49. The molecule has 12 heteroatoms. The normalized spacial score (nSPS) is 23.8. The summed E-state index contributed by atoms with van der Waals surface area (Å²) in [6, 6.07) is 8.15. The summed E-state index contributed by atoms with van der Waals surface area (Å²) in [4.78, 5) is 19.0. The second-order valence-electron chi connectivity index (χ2n) is 12.4. The van der Waals surface area contributed by atoms with Gasteiger partial charge in [0.15, 0.2) is 5.82 Å². The van der Waals surface area contributed by atoms with Gasteiger partial charge in [0.2, 0.25) is 0 Å². The fourth-order valence-corrected chi connectivity index (χ4v) is 8.05. The highest BCUT2D eigenvalue weighted by Crippen LogP contribution is 2.42. The zero-order valence-corrected chi connectivity index (χ0v) is 25.8. The Hall–Kier alpha value is -3.77. The number of hydrogen-bond donors (Lipinski definition) is 0. The zero-order chi connectivity index (χ0) is 29.9. The maximum Gasteiger partial charge on any atom is 0.158 e. The minimum absolute atomic E-state index is 0.0939. The summed E-state index contributed by atoms with van der Waals surface area (Å²) in [6.07, 6.45) is 8.77. The standard InChI is InChI=1S/C31H37N7O4S/c1-20-24-15-33-38(27(24)13-26(34-20)25-14-32-8-5-28(25)41-3)30-12-23(37-16-22(21(37)2)17-43(4,39)40)11-29(35-30)36-9-6-31(18-36)7-10-42-19-31/h5,8,11-15,21-22H,6-7,9-10,16-19H2,1-4H3/t21-,22-,31?/m1/s1. The molecule has 3 fully saturated rings. The van der Waals surface area contributed by atoms with E-state index in [9.17, 15) is 8.42 Å². The molecule has 7 rings (SSSR count). The first-order valence-corrected chi connectivity index (χ1v) is 16.8. The lowest BCUT2D eigenvalue weighted by atomic mass is 9.87. The predicted octanol–water partition coefficient (Wildman–Crippen LogP) is 3.68. The van der Waals surface area contributed by atoms with Crippen LogP contribution in [0.2, 0.25) is 0 Å². The number of aromatic nitrogens is 5. The summed E-state index contributed by atoms with van der Waals surface area (Å²) in [5, 5.41) is 5.74. The Morgan fingerprint density at radius 3 is 2.72 bits per heavy atom. The number of hydrogen-bond acceptors (Lipinski definition) is 10. The van der Waals surface area contributed by atoms with Crippen LogP contribution in [0.1, 0.15) is 25.5 Å². The predicted molar refractivity (Wildman–Crippen MR) is 166 cm³/mol. The van der Waals surface area contributed by atoms with Crippen LogP contribution in [-0.4, -0.2) is 91.2 Å². The van der Waals surface area contributed by atoms with Gasteiger partial charge in [-0.3, -0.25) is 9.97 Å². The molecule has 0 amide bonds. The molecule has 0 bridgehead atoms. The monoisotopic (exact) mass is 603 g/mol. The fraction of sp³-hybridized carbons (Fsp3) is 0.484. The zero-order valence-electron chi connectivity index (χ0n) is 25.0. The highest BCUT2D eigenvalue weighted by Gasteiger charge is 2.42. The highest BCUT2D eigenvalue weighted by molar-refractivity contribution is 7.90. The summed E-state index contributed by atoms with van der Waals surface area (Å²) >= 11 is 0. The molecule has 3 aliphatic heterocycles. The van der Waals surface area contributed by atoms with Crippen molar-refractivity contribution in [2.75, 3.05) is 61.8 Å². The van der Waals surface area contributed by atoms with Gasteiger partial charge in [-0.05, 0) is 38.8 Å². The van der Waals surface area contributed by atoms with E-state index >= 15 is 0 Å². The second-order valence-corrected chi connectivity index (χ2v) is 14.6. The Morgan fingerprint density at radius 2 is 1.98 bits per heavy atom. The van der Waals surface area contributed by atoms with Gasteiger partial charge in [-0.15, -0.1) is 0 Å². The number of anilines is 2. The molecule has 1 spiro atoms. The Labute approximate surface area is 251 Å². The van der Waals surface area contributed by atoms with Crippen LogP contribution in [0.4, 0.5) is 11.5 Å². The smallest absolute Gasteiger partial charge is 0.158 e. The van der Waals surface area contributed by atoms with Crippen molar-refractivity contribution in [2.24, 2.45) is 11.3 Å². The van der Waals surface area contributed by atoms with Crippen LogP contribution < -0.4 is 14.5 Å². The molecular formula is C31H37N7O4S. The maximum atomic E-state index is 12.0. The van der Waals surface area contributed by atoms with Gasteiger partial charge in [-0.25, -0.2) is 18.1 Å². The van der Waals surface area contributed by atoms with Crippen molar-refractivity contribution in [2.45, 2.75) is 32.7 Å². The van der Waals surface area contributed by atoms with Crippen molar-refractivity contribution in [1.29, 1.82) is 0 Å². The average molecular weight is 604 g/mol. The Balaban J connectivity index is 1.31. The first-order valence-electron chi connectivity index (χ1n) is 14.8. The molecule has 0 radical (unpaired) electrons. The van der Waals surface area contributed by atoms with Crippen molar-refractivity contribution in [3.8, 4) is 22.8 Å². The summed E-state index contributed by atoms with van der Waals surface area (Å²) in [5.74, 6) is 2.60. The molecule has 1 unspecified atom stereocenters. The SMILES string of the molecule is COc1ccncc1-c1cc2c(cnn2-c2cc(N3C[C@H](CS(C)(=O)=O)[C@H]3C)cc(N3CCC4(CCOC4)C3)n2)c(C)n1. The summed E-state index contributed by atoms with van der Waals surface area (Å²) < 4.78 is 37.3. The van der Waals surface area contributed by atoms with Crippen molar-refractivity contribution in [3.63, 3.8) is 0 Å². The van der Waals surface area contributed by atoms with Crippen molar-refractivity contribution >= 4 is 32.2 Å². The van der Waals surface area contributed by atoms with Crippen molar-refractivity contribution < 1.29 is 17.9 Å². The number of ether oxygens (including phenoxy) is 2. The van der Waals surface area contributed by atoms with Crippen LogP contribution in [-0.2, 0) is 14.6 Å². The van der Waals surface area contributed by atoms with Crippen LogP contribution in [0.5, 0.6) is 5.75 Å². The minimum atomic E-state index is -3.05. The molecule has 226 valence electrons. The van der Waals surface area contributed by atoms with E-state index < -0.39 is 9.84 Å². The maximum absolute atomic E-state index is 12.0. The lowest BCUT2D eigenvalue weighted by Crippen LogP contribution is -2.57. The molecule has 0 aromatic carbocycles. The average Bonchev–Trinajstić information content (AvgIpc) is 3.75. The van der Waals surface area contributed by atoms with E-state index in [-0.39, 0.29) is 23.1 Å². The molecule has 0 aliphatic carbocycles. The third-order valence-electron chi connectivity index (χ3n) is 9.44. The van der Waals surface area contributed by atoms with E-state index in [2.05, 4.69) is 33.8 Å². The number of fused-ring (bicyclic) bond motifs is 1. The quantitative estimate of drug-likeness (QED) is 0.310. The molecule has 0 saturated carbocycles. The third-order valence-corrected chi connectivity index (χ3v) is 10.5.